The number of ether oxygens (including phenoxy) is 1. The highest BCUT2D eigenvalue weighted by atomic mass is 19.1. The maximum atomic E-state index is 12.9. The smallest absolute Gasteiger partial charge is 0.407 e. The van der Waals surface area contributed by atoms with Gasteiger partial charge in [-0.1, -0.05) is 0 Å². The Morgan fingerprint density at radius 2 is 2.00 bits per heavy atom. The number of nitrogens with one attached hydrogen (secondary N) is 1. The molecule has 1 atom stereocenters. The van der Waals surface area contributed by atoms with Gasteiger partial charge in [0.05, 0.1) is 6.04 Å². The van der Waals surface area contributed by atoms with Gasteiger partial charge in [0, 0.05) is 18.8 Å². The van der Waals surface area contributed by atoms with Crippen molar-refractivity contribution < 1.29 is 13.9 Å². The zero-order valence-corrected chi connectivity index (χ0v) is 12.1. The third-order valence-corrected chi connectivity index (χ3v) is 3.10. The molecule has 0 spiro atoms. The van der Waals surface area contributed by atoms with Gasteiger partial charge in [0.25, 0.3) is 0 Å². The molecule has 5 heteroatoms. The zero-order chi connectivity index (χ0) is 14.8. The van der Waals surface area contributed by atoms with E-state index >= 15 is 0 Å². The Bertz CT molecular complexity index is 468. The molecule has 0 aliphatic carbocycles. The molecular weight excluding hydrogens is 259 g/mol. The summed E-state index contributed by atoms with van der Waals surface area (Å²) in [5.74, 6) is -0.239. The third kappa shape index (κ3) is 4.11. The molecule has 0 radical (unpaired) electrons. The van der Waals surface area contributed by atoms with Crippen molar-refractivity contribution in [2.75, 3.05) is 18.0 Å². The lowest BCUT2D eigenvalue weighted by atomic mass is 10.2. The SMILES string of the molecule is CC(C)(C)OC(=O)N[C@H]1CCN(c2ccc(F)cc2)C1. The van der Waals surface area contributed by atoms with E-state index in [1.165, 1.54) is 12.1 Å². The number of nitrogens with zero attached hydrogens (tertiary/aromatic N) is 1. The second kappa shape index (κ2) is 5.69. The largest absolute Gasteiger partial charge is 0.444 e. The van der Waals surface area contributed by atoms with Crippen LogP contribution in [0.3, 0.4) is 0 Å². The maximum absolute atomic E-state index is 12.9. The zero-order valence-electron chi connectivity index (χ0n) is 12.1. The van der Waals surface area contributed by atoms with Gasteiger partial charge in [-0.15, -0.1) is 0 Å². The van der Waals surface area contributed by atoms with Crippen LogP contribution in [0, 0.1) is 5.82 Å². The van der Waals surface area contributed by atoms with Gasteiger partial charge in [-0.3, -0.25) is 0 Å². The number of carbonyl (C=O) groups is 1. The van der Waals surface area contributed by atoms with Crippen LogP contribution < -0.4 is 10.2 Å². The van der Waals surface area contributed by atoms with Crippen molar-refractivity contribution in [2.45, 2.75) is 38.8 Å². The van der Waals surface area contributed by atoms with Crippen LogP contribution in [0.25, 0.3) is 0 Å². The Hall–Kier alpha value is -1.78. The summed E-state index contributed by atoms with van der Waals surface area (Å²) in [6.45, 7) is 7.07. The molecule has 1 aromatic carbocycles. The number of anilines is 1. The van der Waals surface area contributed by atoms with E-state index in [0.29, 0.717) is 6.54 Å². The lowest BCUT2D eigenvalue weighted by Crippen LogP contribution is -2.40. The Kier molecular flexibility index (Phi) is 4.16. The molecule has 0 unspecified atom stereocenters. The number of rotatable bonds is 2. The quantitative estimate of drug-likeness (QED) is 0.905. The first-order valence-corrected chi connectivity index (χ1v) is 6.83. The molecule has 1 fully saturated rings. The monoisotopic (exact) mass is 280 g/mol. The number of halogens is 1. The molecule has 1 aromatic rings. The molecule has 1 heterocycles. The summed E-state index contributed by atoms with van der Waals surface area (Å²) in [5, 5.41) is 2.87. The van der Waals surface area contributed by atoms with Crippen LogP contribution in [0.5, 0.6) is 0 Å². The van der Waals surface area contributed by atoms with Gasteiger partial charge in [-0.2, -0.15) is 0 Å². The van der Waals surface area contributed by atoms with Crippen molar-refractivity contribution in [3.63, 3.8) is 0 Å². The van der Waals surface area contributed by atoms with Crippen LogP contribution in [0.15, 0.2) is 24.3 Å². The topological polar surface area (TPSA) is 41.6 Å². The van der Waals surface area contributed by atoms with E-state index in [1.54, 1.807) is 12.1 Å². The number of hydrogen-bond acceptors (Lipinski definition) is 3. The highest BCUT2D eigenvalue weighted by Gasteiger charge is 2.26. The van der Waals surface area contributed by atoms with Crippen LogP contribution in [-0.2, 0) is 4.74 Å². The van der Waals surface area contributed by atoms with Crippen molar-refractivity contribution in [3.05, 3.63) is 30.1 Å². The maximum Gasteiger partial charge on any atom is 0.407 e. The van der Waals surface area contributed by atoms with Crippen molar-refractivity contribution in [1.29, 1.82) is 0 Å². The summed E-state index contributed by atoms with van der Waals surface area (Å²) in [5.41, 5.74) is 0.485. The lowest BCUT2D eigenvalue weighted by Gasteiger charge is -2.22. The predicted octanol–water partition coefficient (Wildman–Crippen LogP) is 2.93. The van der Waals surface area contributed by atoms with Crippen LogP contribution in [0.4, 0.5) is 14.9 Å². The first-order valence-electron chi connectivity index (χ1n) is 6.83. The van der Waals surface area contributed by atoms with E-state index in [9.17, 15) is 9.18 Å². The number of alkyl carbamates (subject to hydrolysis) is 1. The van der Waals surface area contributed by atoms with E-state index < -0.39 is 5.60 Å². The van der Waals surface area contributed by atoms with Gasteiger partial charge in [-0.05, 0) is 51.5 Å². The minimum atomic E-state index is -0.487. The van der Waals surface area contributed by atoms with Gasteiger partial charge < -0.3 is 15.0 Å². The molecule has 2 rings (SSSR count). The summed E-state index contributed by atoms with van der Waals surface area (Å²) in [4.78, 5) is 13.8. The Morgan fingerprint density at radius 3 is 2.60 bits per heavy atom. The van der Waals surface area contributed by atoms with Crippen molar-refractivity contribution in [2.24, 2.45) is 0 Å². The number of hydrogen-bond donors (Lipinski definition) is 1. The van der Waals surface area contributed by atoms with Crippen LogP contribution in [-0.4, -0.2) is 30.8 Å². The molecule has 1 aliphatic rings. The summed E-state index contributed by atoms with van der Waals surface area (Å²) in [7, 11) is 0. The first-order chi connectivity index (χ1) is 9.33. The van der Waals surface area contributed by atoms with Gasteiger partial charge in [-0.25, -0.2) is 9.18 Å². The fourth-order valence-corrected chi connectivity index (χ4v) is 2.24. The molecule has 0 saturated carbocycles. The Morgan fingerprint density at radius 1 is 1.35 bits per heavy atom. The standard InChI is InChI=1S/C15H21FN2O2/c1-15(2,3)20-14(19)17-12-8-9-18(10-12)13-6-4-11(16)5-7-13/h4-7,12H,8-10H2,1-3H3,(H,17,19)/t12-/m0/s1. The van der Waals surface area contributed by atoms with Crippen molar-refractivity contribution >= 4 is 11.8 Å². The minimum absolute atomic E-state index is 0.0647. The number of benzene rings is 1. The predicted molar refractivity (Wildman–Crippen MR) is 76.4 cm³/mol. The van der Waals surface area contributed by atoms with E-state index in [2.05, 4.69) is 10.2 Å². The molecule has 1 amide bonds. The molecule has 1 N–H and O–H groups in total. The van der Waals surface area contributed by atoms with Gasteiger partial charge in [0.2, 0.25) is 0 Å². The summed E-state index contributed by atoms with van der Waals surface area (Å²) in [6.07, 6.45) is 0.472. The molecular formula is C15H21FN2O2. The van der Waals surface area contributed by atoms with Gasteiger partial charge in [0.15, 0.2) is 0 Å². The van der Waals surface area contributed by atoms with Crippen molar-refractivity contribution in [3.8, 4) is 0 Å². The van der Waals surface area contributed by atoms with Crippen molar-refractivity contribution in [1.82, 2.24) is 5.32 Å². The molecule has 1 aliphatic heterocycles. The highest BCUT2D eigenvalue weighted by molar-refractivity contribution is 5.68. The molecule has 4 nitrogen and oxygen atoms in total. The Labute approximate surface area is 118 Å². The summed E-state index contributed by atoms with van der Waals surface area (Å²) >= 11 is 0. The summed E-state index contributed by atoms with van der Waals surface area (Å²) < 4.78 is 18.1. The second-order valence-electron chi connectivity index (χ2n) is 6.05. The van der Waals surface area contributed by atoms with Crippen LogP contribution in [0.2, 0.25) is 0 Å². The fraction of sp³-hybridized carbons (Fsp3) is 0.533. The first kappa shape index (κ1) is 14.6. The lowest BCUT2D eigenvalue weighted by molar-refractivity contribution is 0.0509. The van der Waals surface area contributed by atoms with Gasteiger partial charge in [0.1, 0.15) is 11.4 Å². The molecule has 110 valence electrons. The number of carbonyl (C=O) groups excluding carboxylic acids is 1. The average molecular weight is 280 g/mol. The highest BCUT2D eigenvalue weighted by Crippen LogP contribution is 2.20. The van der Waals surface area contributed by atoms with Gasteiger partial charge >= 0.3 is 6.09 Å². The van der Waals surface area contributed by atoms with Crippen LogP contribution >= 0.6 is 0 Å². The van der Waals surface area contributed by atoms with E-state index in [4.69, 9.17) is 4.74 Å². The molecule has 20 heavy (non-hydrogen) atoms. The van der Waals surface area contributed by atoms with Crippen LogP contribution in [0.1, 0.15) is 27.2 Å². The second-order valence-corrected chi connectivity index (χ2v) is 6.05. The summed E-state index contributed by atoms with van der Waals surface area (Å²) in [6, 6.07) is 6.47. The molecule has 0 bridgehead atoms. The molecule has 0 aromatic heterocycles. The fourth-order valence-electron chi connectivity index (χ4n) is 2.24. The molecule has 1 saturated heterocycles. The minimum Gasteiger partial charge on any atom is -0.444 e. The van der Waals surface area contributed by atoms with E-state index in [-0.39, 0.29) is 18.0 Å². The van der Waals surface area contributed by atoms with E-state index in [0.717, 1.165) is 18.7 Å². The normalized spacial score (nSPS) is 19.0. The third-order valence-electron chi connectivity index (χ3n) is 3.10. The van der Waals surface area contributed by atoms with E-state index in [1.807, 2.05) is 20.8 Å². The Balaban J connectivity index is 1.86. The average Bonchev–Trinajstić information content (AvgIpc) is 2.75. The number of amides is 1.